The van der Waals surface area contributed by atoms with E-state index in [0.717, 1.165) is 11.1 Å². The molecule has 3 rings (SSSR count). The van der Waals surface area contributed by atoms with E-state index < -0.39 is 5.91 Å². The molecule has 0 saturated heterocycles. The van der Waals surface area contributed by atoms with Crippen LogP contribution in [0.25, 0.3) is 0 Å². The molecule has 0 spiro atoms. The summed E-state index contributed by atoms with van der Waals surface area (Å²) in [6.45, 7) is 3.99. The maximum atomic E-state index is 12.5. The van der Waals surface area contributed by atoms with Gasteiger partial charge in [0.1, 0.15) is 17.1 Å². The molecular weight excluding hydrogens is 354 g/mol. The van der Waals surface area contributed by atoms with Crippen LogP contribution in [0.15, 0.2) is 60.7 Å². The lowest BCUT2D eigenvalue weighted by atomic mass is 10.1. The number of amides is 2. The standard InChI is InChI=1S/C22H21N3O3/c1-14-7-8-17(13-15(14)2)24-22(27)20-6-4-5-19(25-20)21(26)23-16-9-11-18(28-3)12-10-16/h4-13H,1-3H3,(H,23,26)(H,24,27). The zero-order chi connectivity index (χ0) is 20.1. The molecule has 0 fully saturated rings. The van der Waals surface area contributed by atoms with Gasteiger partial charge in [0.25, 0.3) is 11.8 Å². The number of aromatic nitrogens is 1. The third-order valence-corrected chi connectivity index (χ3v) is 4.33. The summed E-state index contributed by atoms with van der Waals surface area (Å²) in [5.41, 5.74) is 3.84. The Kier molecular flexibility index (Phi) is 5.69. The van der Waals surface area contributed by atoms with E-state index >= 15 is 0 Å². The molecule has 2 amide bonds. The predicted octanol–water partition coefficient (Wildman–Crippen LogP) is 4.21. The maximum absolute atomic E-state index is 12.5. The smallest absolute Gasteiger partial charge is 0.274 e. The SMILES string of the molecule is COc1ccc(NC(=O)c2cccc(C(=O)Nc3ccc(C)c(C)c3)n2)cc1. The highest BCUT2D eigenvalue weighted by molar-refractivity contribution is 6.06. The number of rotatable bonds is 5. The average molecular weight is 375 g/mol. The van der Waals surface area contributed by atoms with Gasteiger partial charge in [0.05, 0.1) is 7.11 Å². The number of ether oxygens (including phenoxy) is 1. The molecule has 0 saturated carbocycles. The number of nitrogens with zero attached hydrogens (tertiary/aromatic N) is 1. The van der Waals surface area contributed by atoms with Crippen molar-refractivity contribution in [2.45, 2.75) is 13.8 Å². The molecule has 28 heavy (non-hydrogen) atoms. The minimum Gasteiger partial charge on any atom is -0.497 e. The number of hydrogen-bond acceptors (Lipinski definition) is 4. The Bertz CT molecular complexity index is 1010. The molecule has 3 aromatic rings. The molecule has 0 unspecified atom stereocenters. The Morgan fingerprint density at radius 2 is 1.36 bits per heavy atom. The van der Waals surface area contributed by atoms with Gasteiger partial charge in [-0.1, -0.05) is 12.1 Å². The molecule has 142 valence electrons. The fourth-order valence-corrected chi connectivity index (χ4v) is 2.57. The van der Waals surface area contributed by atoms with Crippen LogP contribution in [0.2, 0.25) is 0 Å². The van der Waals surface area contributed by atoms with E-state index in [1.165, 1.54) is 0 Å². The lowest BCUT2D eigenvalue weighted by Gasteiger charge is -2.09. The second-order valence-corrected chi connectivity index (χ2v) is 6.34. The summed E-state index contributed by atoms with van der Waals surface area (Å²) in [4.78, 5) is 29.1. The fraction of sp³-hybridized carbons (Fsp3) is 0.136. The van der Waals surface area contributed by atoms with Gasteiger partial charge in [-0.2, -0.15) is 0 Å². The number of benzene rings is 2. The van der Waals surface area contributed by atoms with Crippen LogP contribution < -0.4 is 15.4 Å². The first kappa shape index (κ1) is 19.1. The lowest BCUT2D eigenvalue weighted by molar-refractivity contribution is 0.101. The maximum Gasteiger partial charge on any atom is 0.274 e. The van der Waals surface area contributed by atoms with Crippen LogP contribution in [-0.2, 0) is 0 Å². The molecule has 1 heterocycles. The highest BCUT2D eigenvalue weighted by Gasteiger charge is 2.13. The summed E-state index contributed by atoms with van der Waals surface area (Å²) < 4.78 is 5.09. The minimum absolute atomic E-state index is 0.156. The molecule has 6 nitrogen and oxygen atoms in total. The van der Waals surface area contributed by atoms with Crippen molar-refractivity contribution in [1.82, 2.24) is 4.98 Å². The number of pyridine rings is 1. The van der Waals surface area contributed by atoms with Crippen molar-refractivity contribution < 1.29 is 14.3 Å². The zero-order valence-corrected chi connectivity index (χ0v) is 15.9. The van der Waals surface area contributed by atoms with Crippen molar-refractivity contribution in [3.8, 4) is 5.75 Å². The molecule has 0 aliphatic rings. The molecule has 6 heteroatoms. The Morgan fingerprint density at radius 1 is 0.786 bits per heavy atom. The quantitative estimate of drug-likeness (QED) is 0.700. The van der Waals surface area contributed by atoms with Gasteiger partial charge in [-0.25, -0.2) is 4.98 Å². The number of carbonyl (C=O) groups is 2. The molecular formula is C22H21N3O3. The molecule has 0 aliphatic carbocycles. The van der Waals surface area contributed by atoms with Crippen LogP contribution in [0.5, 0.6) is 5.75 Å². The Balaban J connectivity index is 1.72. The van der Waals surface area contributed by atoms with E-state index in [9.17, 15) is 9.59 Å². The summed E-state index contributed by atoms with van der Waals surface area (Å²) in [5, 5.41) is 5.56. The van der Waals surface area contributed by atoms with E-state index in [1.54, 1.807) is 49.6 Å². The summed E-state index contributed by atoms with van der Waals surface area (Å²) in [5.74, 6) is -0.0746. The molecule has 0 aliphatic heterocycles. The van der Waals surface area contributed by atoms with E-state index in [1.807, 2.05) is 32.0 Å². The first-order valence-electron chi connectivity index (χ1n) is 8.77. The van der Waals surface area contributed by atoms with Crippen molar-refractivity contribution in [3.05, 3.63) is 83.2 Å². The first-order chi connectivity index (χ1) is 13.5. The van der Waals surface area contributed by atoms with E-state index in [2.05, 4.69) is 15.6 Å². The normalized spacial score (nSPS) is 10.2. The van der Waals surface area contributed by atoms with Gasteiger partial charge >= 0.3 is 0 Å². The third kappa shape index (κ3) is 4.54. The summed E-state index contributed by atoms with van der Waals surface area (Å²) in [6.07, 6.45) is 0. The summed E-state index contributed by atoms with van der Waals surface area (Å²) in [6, 6.07) is 17.4. The van der Waals surface area contributed by atoms with Crippen LogP contribution in [0.1, 0.15) is 32.1 Å². The molecule has 0 radical (unpaired) electrons. The third-order valence-electron chi connectivity index (χ3n) is 4.33. The molecule has 2 N–H and O–H groups in total. The van der Waals surface area contributed by atoms with Crippen molar-refractivity contribution in [2.75, 3.05) is 17.7 Å². The number of carbonyl (C=O) groups excluding carboxylic acids is 2. The predicted molar refractivity (Wildman–Crippen MR) is 109 cm³/mol. The topological polar surface area (TPSA) is 80.3 Å². The van der Waals surface area contributed by atoms with Crippen LogP contribution in [-0.4, -0.2) is 23.9 Å². The highest BCUT2D eigenvalue weighted by Crippen LogP contribution is 2.17. The lowest BCUT2D eigenvalue weighted by Crippen LogP contribution is -2.18. The van der Waals surface area contributed by atoms with Gasteiger partial charge in [-0.3, -0.25) is 9.59 Å². The van der Waals surface area contributed by atoms with Gasteiger partial charge < -0.3 is 15.4 Å². The molecule has 1 aromatic heterocycles. The van der Waals surface area contributed by atoms with Crippen molar-refractivity contribution in [1.29, 1.82) is 0 Å². The Hall–Kier alpha value is -3.67. The Labute approximate surface area is 163 Å². The highest BCUT2D eigenvalue weighted by atomic mass is 16.5. The number of hydrogen-bond donors (Lipinski definition) is 2. The van der Waals surface area contributed by atoms with Crippen molar-refractivity contribution in [3.63, 3.8) is 0 Å². The second kappa shape index (κ2) is 8.35. The number of aryl methyl sites for hydroxylation is 2. The minimum atomic E-state index is -0.397. The molecule has 0 atom stereocenters. The van der Waals surface area contributed by atoms with Gasteiger partial charge in [0.15, 0.2) is 0 Å². The van der Waals surface area contributed by atoms with E-state index in [4.69, 9.17) is 4.74 Å². The van der Waals surface area contributed by atoms with E-state index in [0.29, 0.717) is 17.1 Å². The monoisotopic (exact) mass is 375 g/mol. The van der Waals surface area contributed by atoms with Crippen LogP contribution >= 0.6 is 0 Å². The fourth-order valence-electron chi connectivity index (χ4n) is 2.57. The zero-order valence-electron chi connectivity index (χ0n) is 15.9. The van der Waals surface area contributed by atoms with Gasteiger partial charge in [0, 0.05) is 11.4 Å². The number of nitrogens with one attached hydrogen (secondary N) is 2. The van der Waals surface area contributed by atoms with Crippen molar-refractivity contribution >= 4 is 23.2 Å². The summed E-state index contributed by atoms with van der Waals surface area (Å²) in [7, 11) is 1.58. The summed E-state index contributed by atoms with van der Waals surface area (Å²) >= 11 is 0. The van der Waals surface area contributed by atoms with Gasteiger partial charge in [-0.05, 0) is 73.5 Å². The number of methoxy groups -OCH3 is 1. The van der Waals surface area contributed by atoms with Crippen LogP contribution in [0.4, 0.5) is 11.4 Å². The first-order valence-corrected chi connectivity index (χ1v) is 8.77. The van der Waals surface area contributed by atoms with E-state index in [-0.39, 0.29) is 17.3 Å². The number of anilines is 2. The van der Waals surface area contributed by atoms with Crippen LogP contribution in [0.3, 0.4) is 0 Å². The average Bonchev–Trinajstić information content (AvgIpc) is 2.71. The van der Waals surface area contributed by atoms with Crippen LogP contribution in [0, 0.1) is 13.8 Å². The Morgan fingerprint density at radius 3 is 1.93 bits per heavy atom. The van der Waals surface area contributed by atoms with Crippen molar-refractivity contribution in [2.24, 2.45) is 0 Å². The molecule has 0 bridgehead atoms. The van der Waals surface area contributed by atoms with Gasteiger partial charge in [0.2, 0.25) is 0 Å². The largest absolute Gasteiger partial charge is 0.497 e. The second-order valence-electron chi connectivity index (χ2n) is 6.34. The van der Waals surface area contributed by atoms with Gasteiger partial charge in [-0.15, -0.1) is 0 Å². The molecule has 2 aromatic carbocycles.